The van der Waals surface area contributed by atoms with Crippen LogP contribution in [0.3, 0.4) is 0 Å². The number of aliphatic imine (C=N–C) groups is 1. The van der Waals surface area contributed by atoms with Gasteiger partial charge in [-0.2, -0.15) is 0 Å². The number of guanidine groups is 1. The Hall–Kier alpha value is -1.80. The van der Waals surface area contributed by atoms with E-state index in [1.165, 1.54) is 16.7 Å². The van der Waals surface area contributed by atoms with Crippen molar-refractivity contribution in [2.45, 2.75) is 31.6 Å². The van der Waals surface area contributed by atoms with E-state index in [1.54, 1.807) is 7.11 Å². The number of ether oxygens (including phenoxy) is 2. The third-order valence-corrected chi connectivity index (χ3v) is 5.74. The average Bonchev–Trinajstić information content (AvgIpc) is 2.77. The summed E-state index contributed by atoms with van der Waals surface area (Å²) in [6, 6.07) is 16.9. The van der Waals surface area contributed by atoms with Crippen LogP contribution in [0.4, 0.5) is 0 Å². The second kappa shape index (κ2) is 12.2. The topological polar surface area (TPSA) is 54.9 Å². The van der Waals surface area contributed by atoms with Crippen molar-refractivity contribution >= 4 is 29.9 Å². The van der Waals surface area contributed by atoms with Crippen LogP contribution in [0, 0.1) is 6.92 Å². The summed E-state index contributed by atoms with van der Waals surface area (Å²) < 4.78 is 11.4. The molecule has 0 saturated carbocycles. The monoisotopic (exact) mass is 523 g/mol. The summed E-state index contributed by atoms with van der Waals surface area (Å²) in [4.78, 5) is 4.42. The SMILES string of the molecule is CN=C(NCCc1ccccc1)NCC1(c2cc(C)ccc2OC)CCOCC1.I. The molecule has 2 aromatic carbocycles. The van der Waals surface area contributed by atoms with Crippen LogP contribution in [0.2, 0.25) is 0 Å². The first-order valence-corrected chi connectivity index (χ1v) is 10.4. The van der Waals surface area contributed by atoms with Gasteiger partial charge < -0.3 is 20.1 Å². The van der Waals surface area contributed by atoms with E-state index in [1.807, 2.05) is 13.1 Å². The molecule has 5 nitrogen and oxygen atoms in total. The number of methoxy groups -OCH3 is 1. The number of benzene rings is 2. The average molecular weight is 523 g/mol. The number of nitrogens with zero attached hydrogens (tertiary/aromatic N) is 1. The summed E-state index contributed by atoms with van der Waals surface area (Å²) in [6.07, 6.45) is 2.88. The highest BCUT2D eigenvalue weighted by Crippen LogP contribution is 2.40. The van der Waals surface area contributed by atoms with E-state index in [-0.39, 0.29) is 29.4 Å². The Morgan fingerprint density at radius 3 is 2.50 bits per heavy atom. The van der Waals surface area contributed by atoms with Crippen LogP contribution in [0.15, 0.2) is 53.5 Å². The molecule has 0 radical (unpaired) electrons. The predicted molar refractivity (Wildman–Crippen MR) is 134 cm³/mol. The molecule has 0 bridgehead atoms. The van der Waals surface area contributed by atoms with E-state index in [2.05, 4.69) is 65.0 Å². The lowest BCUT2D eigenvalue weighted by Gasteiger charge is -2.39. The van der Waals surface area contributed by atoms with Crippen LogP contribution in [0.25, 0.3) is 0 Å². The molecule has 0 aromatic heterocycles. The van der Waals surface area contributed by atoms with Crippen molar-refractivity contribution in [3.63, 3.8) is 0 Å². The molecule has 1 fully saturated rings. The predicted octanol–water partition coefficient (Wildman–Crippen LogP) is 4.08. The third kappa shape index (κ3) is 6.35. The van der Waals surface area contributed by atoms with E-state index in [9.17, 15) is 0 Å². The maximum absolute atomic E-state index is 5.71. The van der Waals surface area contributed by atoms with Crippen molar-refractivity contribution in [3.8, 4) is 5.75 Å². The lowest BCUT2D eigenvalue weighted by Crippen LogP contribution is -2.48. The molecule has 6 heteroatoms. The Bertz CT molecular complexity index is 805. The van der Waals surface area contributed by atoms with Gasteiger partial charge in [-0.25, -0.2) is 0 Å². The van der Waals surface area contributed by atoms with E-state index in [4.69, 9.17) is 9.47 Å². The minimum absolute atomic E-state index is 0. The molecule has 1 saturated heterocycles. The van der Waals surface area contributed by atoms with Gasteiger partial charge in [0.2, 0.25) is 0 Å². The maximum Gasteiger partial charge on any atom is 0.191 e. The van der Waals surface area contributed by atoms with Crippen molar-refractivity contribution in [3.05, 3.63) is 65.2 Å². The van der Waals surface area contributed by atoms with Crippen LogP contribution in [0.1, 0.15) is 29.5 Å². The van der Waals surface area contributed by atoms with Crippen LogP contribution in [-0.2, 0) is 16.6 Å². The zero-order valence-corrected chi connectivity index (χ0v) is 20.6. The molecule has 2 N–H and O–H groups in total. The second-order valence-corrected chi connectivity index (χ2v) is 7.68. The van der Waals surface area contributed by atoms with Gasteiger partial charge in [-0.15, -0.1) is 24.0 Å². The molecule has 0 atom stereocenters. The van der Waals surface area contributed by atoms with Gasteiger partial charge in [-0.3, -0.25) is 4.99 Å². The summed E-state index contributed by atoms with van der Waals surface area (Å²) in [7, 11) is 3.57. The molecular weight excluding hydrogens is 489 g/mol. The Kier molecular flexibility index (Phi) is 9.91. The molecular formula is C24H34IN3O2. The van der Waals surface area contributed by atoms with Gasteiger partial charge in [0, 0.05) is 44.3 Å². The van der Waals surface area contributed by atoms with Gasteiger partial charge in [0.25, 0.3) is 0 Å². The molecule has 2 aromatic rings. The van der Waals surface area contributed by atoms with Crippen LogP contribution in [0.5, 0.6) is 5.75 Å². The molecule has 30 heavy (non-hydrogen) atoms. The van der Waals surface area contributed by atoms with Gasteiger partial charge in [-0.05, 0) is 37.8 Å². The fraction of sp³-hybridized carbons (Fsp3) is 0.458. The molecule has 0 amide bonds. The highest BCUT2D eigenvalue weighted by molar-refractivity contribution is 14.0. The van der Waals surface area contributed by atoms with Crippen molar-refractivity contribution in [1.82, 2.24) is 10.6 Å². The minimum Gasteiger partial charge on any atom is -0.496 e. The van der Waals surface area contributed by atoms with E-state index < -0.39 is 0 Å². The van der Waals surface area contributed by atoms with Crippen molar-refractivity contribution < 1.29 is 9.47 Å². The van der Waals surface area contributed by atoms with Gasteiger partial charge in [0.05, 0.1) is 7.11 Å². The Labute approximate surface area is 197 Å². The summed E-state index contributed by atoms with van der Waals surface area (Å²) in [5, 5.41) is 7.01. The largest absolute Gasteiger partial charge is 0.496 e. The van der Waals surface area contributed by atoms with Gasteiger partial charge in [0.15, 0.2) is 5.96 Å². The normalized spacial score (nSPS) is 15.8. The molecule has 0 aliphatic carbocycles. The first-order valence-electron chi connectivity index (χ1n) is 10.4. The van der Waals surface area contributed by atoms with E-state index in [0.717, 1.165) is 57.3 Å². The summed E-state index contributed by atoms with van der Waals surface area (Å²) >= 11 is 0. The van der Waals surface area contributed by atoms with Crippen molar-refractivity contribution in [2.24, 2.45) is 4.99 Å². The molecule has 1 heterocycles. The molecule has 1 aliphatic rings. The van der Waals surface area contributed by atoms with Gasteiger partial charge >= 0.3 is 0 Å². The van der Waals surface area contributed by atoms with E-state index in [0.29, 0.717) is 0 Å². The maximum atomic E-state index is 5.71. The van der Waals surface area contributed by atoms with Gasteiger partial charge in [-0.1, -0.05) is 48.0 Å². The van der Waals surface area contributed by atoms with Crippen LogP contribution in [-0.4, -0.2) is 46.4 Å². The fourth-order valence-electron chi connectivity index (χ4n) is 3.98. The summed E-state index contributed by atoms with van der Waals surface area (Å²) in [6.45, 7) is 5.29. The standard InChI is InChI=1S/C24H33N3O2.HI/c1-19-9-10-22(28-3)21(17-19)24(12-15-29-16-13-24)18-27-23(25-2)26-14-11-20-7-5-4-6-8-20;/h4-10,17H,11-16,18H2,1-3H3,(H2,25,26,27);1H. The molecule has 1 aliphatic heterocycles. The number of nitrogens with one attached hydrogen (secondary N) is 2. The second-order valence-electron chi connectivity index (χ2n) is 7.68. The number of halogens is 1. The quantitative estimate of drug-likeness (QED) is 0.327. The highest BCUT2D eigenvalue weighted by atomic mass is 127. The van der Waals surface area contributed by atoms with Gasteiger partial charge in [0.1, 0.15) is 5.75 Å². The fourth-order valence-corrected chi connectivity index (χ4v) is 3.98. The Morgan fingerprint density at radius 2 is 1.83 bits per heavy atom. The van der Waals surface area contributed by atoms with Crippen LogP contribution >= 0.6 is 24.0 Å². The molecule has 0 spiro atoms. The molecule has 3 rings (SSSR count). The zero-order chi connectivity index (χ0) is 20.5. The first-order chi connectivity index (χ1) is 14.2. The Balaban J connectivity index is 0.00000320. The number of hydrogen-bond donors (Lipinski definition) is 2. The first kappa shape index (κ1) is 24.5. The van der Waals surface area contributed by atoms with E-state index >= 15 is 0 Å². The van der Waals surface area contributed by atoms with Crippen molar-refractivity contribution in [2.75, 3.05) is 40.5 Å². The Morgan fingerprint density at radius 1 is 1.10 bits per heavy atom. The smallest absolute Gasteiger partial charge is 0.191 e. The molecule has 0 unspecified atom stereocenters. The van der Waals surface area contributed by atoms with Crippen molar-refractivity contribution in [1.29, 1.82) is 0 Å². The number of rotatable bonds is 7. The minimum atomic E-state index is -0.0351. The molecule has 164 valence electrons. The summed E-state index contributed by atoms with van der Waals surface area (Å²) in [5.41, 5.74) is 3.79. The highest BCUT2D eigenvalue weighted by Gasteiger charge is 2.37. The number of hydrogen-bond acceptors (Lipinski definition) is 3. The summed E-state index contributed by atoms with van der Waals surface area (Å²) in [5.74, 6) is 1.78. The lowest BCUT2D eigenvalue weighted by molar-refractivity contribution is 0.0505. The third-order valence-electron chi connectivity index (χ3n) is 5.74. The lowest BCUT2D eigenvalue weighted by atomic mass is 9.73. The number of aryl methyl sites for hydroxylation is 1. The van der Waals surface area contributed by atoms with Crippen LogP contribution < -0.4 is 15.4 Å². The zero-order valence-electron chi connectivity index (χ0n) is 18.2.